The van der Waals surface area contributed by atoms with Crippen LogP contribution in [0.1, 0.15) is 34.7 Å². The summed E-state index contributed by atoms with van der Waals surface area (Å²) in [6.45, 7) is 4.53. The highest BCUT2D eigenvalue weighted by molar-refractivity contribution is 5.89. The van der Waals surface area contributed by atoms with Gasteiger partial charge in [0, 0.05) is 31.9 Å². The minimum absolute atomic E-state index is 0.163. The second-order valence-corrected chi connectivity index (χ2v) is 6.82. The first-order valence-electron chi connectivity index (χ1n) is 9.22. The van der Waals surface area contributed by atoms with Crippen LogP contribution in [0.3, 0.4) is 0 Å². The van der Waals surface area contributed by atoms with E-state index in [9.17, 15) is 4.79 Å². The number of nitrogens with one attached hydrogen (secondary N) is 2. The van der Waals surface area contributed by atoms with Crippen molar-refractivity contribution in [2.75, 3.05) is 25.0 Å². The van der Waals surface area contributed by atoms with Crippen LogP contribution in [0.4, 0.5) is 5.69 Å². The van der Waals surface area contributed by atoms with E-state index in [1.807, 2.05) is 0 Å². The monoisotopic (exact) mass is 369 g/mol. The quantitative estimate of drug-likeness (QED) is 0.554. The number of hydrogen-bond acceptors (Lipinski definition) is 4. The number of guanidine groups is 1. The fourth-order valence-corrected chi connectivity index (χ4v) is 3.25. The third kappa shape index (κ3) is 5.03. The maximum Gasteiger partial charge on any atom is 0.284 e. The van der Waals surface area contributed by atoms with Gasteiger partial charge in [-0.25, -0.2) is 0 Å². The van der Waals surface area contributed by atoms with Crippen LogP contribution in [0.2, 0.25) is 0 Å². The Kier molecular flexibility index (Phi) is 6.01. The Balaban J connectivity index is 1.54. The number of carbonyl (C=O) groups is 1. The molecule has 0 aliphatic carbocycles. The van der Waals surface area contributed by atoms with Gasteiger partial charge in [-0.1, -0.05) is 17.7 Å². The van der Waals surface area contributed by atoms with Crippen molar-refractivity contribution >= 4 is 17.6 Å². The molecule has 1 amide bonds. The smallest absolute Gasteiger partial charge is 0.284 e. The van der Waals surface area contributed by atoms with Crippen LogP contribution in [-0.4, -0.2) is 38.0 Å². The summed E-state index contributed by atoms with van der Waals surface area (Å²) in [5.41, 5.74) is 7.73. The minimum Gasteiger partial charge on any atom is -0.454 e. The van der Waals surface area contributed by atoms with E-state index >= 15 is 0 Å². The van der Waals surface area contributed by atoms with Crippen LogP contribution in [0.15, 0.2) is 45.8 Å². The molecule has 0 saturated carbocycles. The SMILES string of the molecule is CN=C(NCc1ccc(C(N)=O)o1)NC1CCCN(c2ccc(C)cc2)C1. The van der Waals surface area contributed by atoms with Crippen molar-refractivity contribution in [1.29, 1.82) is 0 Å². The van der Waals surface area contributed by atoms with E-state index in [0.717, 1.165) is 25.9 Å². The van der Waals surface area contributed by atoms with Crippen LogP contribution < -0.4 is 21.3 Å². The lowest BCUT2D eigenvalue weighted by Gasteiger charge is -2.35. The summed E-state index contributed by atoms with van der Waals surface area (Å²) in [7, 11) is 1.74. The van der Waals surface area contributed by atoms with E-state index in [1.54, 1.807) is 19.2 Å². The first-order chi connectivity index (χ1) is 13.0. The number of furan rings is 1. The van der Waals surface area contributed by atoms with E-state index in [4.69, 9.17) is 10.2 Å². The molecule has 2 heterocycles. The van der Waals surface area contributed by atoms with E-state index in [1.165, 1.54) is 11.3 Å². The van der Waals surface area contributed by atoms with E-state index in [-0.39, 0.29) is 5.76 Å². The number of nitrogens with zero attached hydrogens (tertiary/aromatic N) is 2. The first kappa shape index (κ1) is 18.8. The van der Waals surface area contributed by atoms with Crippen molar-refractivity contribution in [2.24, 2.45) is 10.7 Å². The van der Waals surface area contributed by atoms with Crippen molar-refractivity contribution in [3.63, 3.8) is 0 Å². The molecule has 27 heavy (non-hydrogen) atoms. The van der Waals surface area contributed by atoms with Crippen molar-refractivity contribution in [1.82, 2.24) is 10.6 Å². The summed E-state index contributed by atoms with van der Waals surface area (Å²) in [5, 5.41) is 6.70. The highest BCUT2D eigenvalue weighted by Gasteiger charge is 2.21. The zero-order chi connectivity index (χ0) is 19.2. The number of amides is 1. The molecule has 1 unspecified atom stereocenters. The van der Waals surface area contributed by atoms with Gasteiger partial charge in [0.15, 0.2) is 11.7 Å². The Morgan fingerprint density at radius 1 is 1.30 bits per heavy atom. The number of piperidine rings is 1. The Bertz CT molecular complexity index is 797. The maximum atomic E-state index is 11.1. The summed E-state index contributed by atoms with van der Waals surface area (Å²) in [6, 6.07) is 12.3. The van der Waals surface area contributed by atoms with Gasteiger partial charge in [-0.05, 0) is 44.0 Å². The highest BCUT2D eigenvalue weighted by Crippen LogP contribution is 2.20. The topological polar surface area (TPSA) is 95.9 Å². The minimum atomic E-state index is -0.567. The molecule has 1 aliphatic rings. The predicted molar refractivity (Wildman–Crippen MR) is 107 cm³/mol. The Morgan fingerprint density at radius 3 is 2.74 bits per heavy atom. The van der Waals surface area contributed by atoms with Gasteiger partial charge in [0.1, 0.15) is 5.76 Å². The predicted octanol–water partition coefficient (Wildman–Crippen LogP) is 2.02. The lowest BCUT2D eigenvalue weighted by atomic mass is 10.0. The lowest BCUT2D eigenvalue weighted by molar-refractivity contribution is 0.0972. The third-order valence-electron chi connectivity index (χ3n) is 4.72. The highest BCUT2D eigenvalue weighted by atomic mass is 16.3. The van der Waals surface area contributed by atoms with Crippen LogP contribution in [0, 0.1) is 6.92 Å². The van der Waals surface area contributed by atoms with E-state index in [0.29, 0.717) is 24.3 Å². The molecule has 4 N–H and O–H groups in total. The average Bonchev–Trinajstić information content (AvgIpc) is 3.15. The van der Waals surface area contributed by atoms with Crippen molar-refractivity contribution in [2.45, 2.75) is 32.4 Å². The second-order valence-electron chi connectivity index (χ2n) is 6.82. The molecule has 1 aliphatic heterocycles. The van der Waals surface area contributed by atoms with Crippen molar-refractivity contribution in [3.05, 3.63) is 53.5 Å². The largest absolute Gasteiger partial charge is 0.454 e. The summed E-state index contributed by atoms with van der Waals surface area (Å²) < 4.78 is 5.39. The molecule has 3 rings (SSSR count). The molecule has 0 spiro atoms. The number of anilines is 1. The summed E-state index contributed by atoms with van der Waals surface area (Å²) >= 11 is 0. The van der Waals surface area contributed by atoms with Crippen molar-refractivity contribution < 1.29 is 9.21 Å². The molecule has 144 valence electrons. The molecule has 1 aromatic heterocycles. The molecular weight excluding hydrogens is 342 g/mol. The standard InChI is InChI=1S/C20H27N5O2/c1-14-5-7-16(8-6-14)25-11-3-4-15(13-25)24-20(22-2)23-12-17-9-10-18(27-17)19(21)26/h5-10,15H,3-4,11-13H2,1-2H3,(H2,21,26)(H2,22,23,24). The zero-order valence-corrected chi connectivity index (χ0v) is 15.9. The number of benzene rings is 1. The molecular formula is C20H27N5O2. The number of aliphatic imine (C=N–C) groups is 1. The molecule has 7 heteroatoms. The fourth-order valence-electron chi connectivity index (χ4n) is 3.25. The Morgan fingerprint density at radius 2 is 2.07 bits per heavy atom. The van der Waals surface area contributed by atoms with Gasteiger partial charge >= 0.3 is 0 Å². The van der Waals surface area contributed by atoms with Crippen LogP contribution in [-0.2, 0) is 6.54 Å². The van der Waals surface area contributed by atoms with Crippen LogP contribution in [0.25, 0.3) is 0 Å². The maximum absolute atomic E-state index is 11.1. The molecule has 1 atom stereocenters. The van der Waals surface area contributed by atoms with Gasteiger partial charge in [0.25, 0.3) is 5.91 Å². The molecule has 1 saturated heterocycles. The van der Waals surface area contributed by atoms with Gasteiger partial charge in [0.05, 0.1) is 6.54 Å². The third-order valence-corrected chi connectivity index (χ3v) is 4.72. The molecule has 7 nitrogen and oxygen atoms in total. The molecule has 2 aromatic rings. The summed E-state index contributed by atoms with van der Waals surface area (Å²) in [6.07, 6.45) is 2.22. The molecule has 1 fully saturated rings. The Hall–Kier alpha value is -2.96. The van der Waals surface area contributed by atoms with Gasteiger partial charge in [-0.15, -0.1) is 0 Å². The van der Waals surface area contributed by atoms with Gasteiger partial charge in [-0.2, -0.15) is 0 Å². The molecule has 0 radical (unpaired) electrons. The van der Waals surface area contributed by atoms with E-state index in [2.05, 4.69) is 51.7 Å². The van der Waals surface area contributed by atoms with Gasteiger partial charge in [-0.3, -0.25) is 9.79 Å². The van der Waals surface area contributed by atoms with Crippen molar-refractivity contribution in [3.8, 4) is 0 Å². The normalized spacial score (nSPS) is 17.6. The average molecular weight is 369 g/mol. The van der Waals surface area contributed by atoms with Crippen LogP contribution >= 0.6 is 0 Å². The number of hydrogen-bond donors (Lipinski definition) is 3. The first-order valence-corrected chi connectivity index (χ1v) is 9.22. The summed E-state index contributed by atoms with van der Waals surface area (Å²) in [5.74, 6) is 0.942. The summed E-state index contributed by atoms with van der Waals surface area (Å²) in [4.78, 5) is 17.8. The number of primary amides is 1. The number of carbonyl (C=O) groups excluding carboxylic acids is 1. The van der Waals surface area contributed by atoms with E-state index < -0.39 is 5.91 Å². The molecule has 0 bridgehead atoms. The second kappa shape index (κ2) is 8.62. The van der Waals surface area contributed by atoms with Gasteiger partial charge < -0.3 is 25.7 Å². The molecule has 1 aromatic carbocycles. The lowest BCUT2D eigenvalue weighted by Crippen LogP contribution is -2.51. The number of nitrogens with two attached hydrogens (primary N) is 1. The Labute approximate surface area is 159 Å². The van der Waals surface area contributed by atoms with Gasteiger partial charge in [0.2, 0.25) is 0 Å². The van der Waals surface area contributed by atoms with Crippen LogP contribution in [0.5, 0.6) is 0 Å². The fraction of sp³-hybridized carbons (Fsp3) is 0.400. The zero-order valence-electron chi connectivity index (χ0n) is 15.9. The number of aryl methyl sites for hydroxylation is 1. The number of rotatable bonds is 5.